The Morgan fingerprint density at radius 2 is 1.90 bits per heavy atom. The minimum atomic E-state index is -1.24. The average molecular weight is 432 g/mol. The Kier molecular flexibility index (Phi) is 6.16. The van der Waals surface area contributed by atoms with E-state index in [-0.39, 0.29) is 17.6 Å². The summed E-state index contributed by atoms with van der Waals surface area (Å²) in [4.78, 5) is 14.3. The van der Waals surface area contributed by atoms with Crippen LogP contribution in [0.25, 0.3) is 0 Å². The molecule has 1 aliphatic heterocycles. The van der Waals surface area contributed by atoms with Gasteiger partial charge in [0.05, 0.1) is 17.7 Å². The molecule has 3 rings (SSSR count). The monoisotopic (exact) mass is 431 g/mol. The third-order valence-electron chi connectivity index (χ3n) is 5.93. The molecule has 1 aromatic rings. The minimum Gasteiger partial charge on any atom is -0.598 e. The van der Waals surface area contributed by atoms with E-state index in [2.05, 4.69) is 10.8 Å². The number of hydrogen-bond acceptors (Lipinski definition) is 5. The zero-order valence-electron chi connectivity index (χ0n) is 18.9. The molecule has 1 fully saturated rings. The molecule has 1 aliphatic carbocycles. The number of hydrogen-bond donors (Lipinski definition) is 1. The molecular formula is C23H33N3O3S. The number of carbonyl (C=O) groups excluding carboxylic acids is 1. The minimum absolute atomic E-state index is 0.110. The summed E-state index contributed by atoms with van der Waals surface area (Å²) in [6.45, 7) is 12.7. The number of nitriles is 1. The molecule has 2 atom stereocenters. The molecule has 1 heterocycles. The summed E-state index contributed by atoms with van der Waals surface area (Å²) in [6.07, 6.45) is 2.17. The Labute approximate surface area is 183 Å². The van der Waals surface area contributed by atoms with Crippen molar-refractivity contribution in [1.82, 2.24) is 9.62 Å². The van der Waals surface area contributed by atoms with E-state index in [0.29, 0.717) is 18.7 Å². The topological polar surface area (TPSA) is 88.4 Å². The molecule has 0 saturated carbocycles. The van der Waals surface area contributed by atoms with Gasteiger partial charge in [0.25, 0.3) is 0 Å². The number of fused-ring (bicyclic) bond motifs is 1. The fourth-order valence-electron chi connectivity index (χ4n) is 4.30. The van der Waals surface area contributed by atoms with Crippen molar-refractivity contribution >= 4 is 17.5 Å². The van der Waals surface area contributed by atoms with Crippen molar-refractivity contribution in [3.8, 4) is 6.07 Å². The van der Waals surface area contributed by atoms with Crippen LogP contribution < -0.4 is 4.72 Å². The van der Waals surface area contributed by atoms with Crippen LogP contribution in [0.3, 0.4) is 0 Å². The summed E-state index contributed by atoms with van der Waals surface area (Å²) >= 11 is -1.24. The lowest BCUT2D eigenvalue weighted by molar-refractivity contribution is 0.00716. The molecule has 1 saturated heterocycles. The van der Waals surface area contributed by atoms with E-state index < -0.39 is 21.7 Å². The van der Waals surface area contributed by atoms with Crippen LogP contribution in [-0.4, -0.2) is 39.0 Å². The first-order chi connectivity index (χ1) is 13.8. The number of piperidine rings is 1. The van der Waals surface area contributed by atoms with Gasteiger partial charge in [-0.2, -0.15) is 5.26 Å². The molecule has 0 aromatic heterocycles. The van der Waals surface area contributed by atoms with Gasteiger partial charge in [-0.05, 0) is 84.1 Å². The quantitative estimate of drug-likeness (QED) is 0.708. The molecular weight excluding hydrogens is 398 g/mol. The van der Waals surface area contributed by atoms with Crippen molar-refractivity contribution in [3.05, 3.63) is 34.9 Å². The molecule has 0 radical (unpaired) electrons. The molecule has 1 spiro atoms. The zero-order chi connectivity index (χ0) is 22.3. The van der Waals surface area contributed by atoms with Gasteiger partial charge < -0.3 is 14.2 Å². The van der Waals surface area contributed by atoms with Gasteiger partial charge in [0.2, 0.25) is 0 Å². The van der Waals surface area contributed by atoms with E-state index in [4.69, 9.17) is 4.74 Å². The summed E-state index contributed by atoms with van der Waals surface area (Å²) < 4.78 is 21.5. The second-order valence-corrected chi connectivity index (χ2v) is 12.5. The Balaban J connectivity index is 1.84. The van der Waals surface area contributed by atoms with Crippen molar-refractivity contribution in [2.24, 2.45) is 5.41 Å². The number of carbonyl (C=O) groups is 1. The Bertz CT molecular complexity index is 843. The number of ether oxygens (including phenoxy) is 1. The summed E-state index contributed by atoms with van der Waals surface area (Å²) in [5.74, 6) is 0. The van der Waals surface area contributed by atoms with Gasteiger partial charge in [0.1, 0.15) is 10.3 Å². The maximum Gasteiger partial charge on any atom is 0.410 e. The highest BCUT2D eigenvalue weighted by atomic mass is 32.2. The van der Waals surface area contributed by atoms with Gasteiger partial charge in [-0.3, -0.25) is 0 Å². The van der Waals surface area contributed by atoms with Crippen LogP contribution in [0.15, 0.2) is 18.2 Å². The number of benzene rings is 1. The second-order valence-electron chi connectivity index (χ2n) is 10.5. The molecule has 6 nitrogen and oxygen atoms in total. The van der Waals surface area contributed by atoms with Gasteiger partial charge in [0, 0.05) is 29.9 Å². The maximum atomic E-state index is 13.0. The molecule has 1 N–H and O–H groups in total. The van der Waals surface area contributed by atoms with Crippen LogP contribution in [0.5, 0.6) is 0 Å². The molecule has 7 heteroatoms. The Hall–Kier alpha value is -1.75. The fraction of sp³-hybridized carbons (Fsp3) is 0.652. The maximum absolute atomic E-state index is 13.0. The predicted molar refractivity (Wildman–Crippen MR) is 118 cm³/mol. The highest BCUT2D eigenvalue weighted by molar-refractivity contribution is 7.90. The number of rotatable bonds is 2. The third-order valence-corrected chi connectivity index (χ3v) is 7.50. The molecule has 1 amide bonds. The first-order valence-corrected chi connectivity index (χ1v) is 11.7. The highest BCUT2D eigenvalue weighted by Gasteiger charge is 2.51. The van der Waals surface area contributed by atoms with Crippen LogP contribution in [-0.2, 0) is 22.5 Å². The lowest BCUT2D eigenvalue weighted by Gasteiger charge is -2.43. The summed E-state index contributed by atoms with van der Waals surface area (Å²) in [5, 5.41) is 9.37. The van der Waals surface area contributed by atoms with Gasteiger partial charge >= 0.3 is 6.09 Å². The van der Waals surface area contributed by atoms with E-state index in [1.54, 1.807) is 4.90 Å². The number of amides is 1. The zero-order valence-corrected chi connectivity index (χ0v) is 19.7. The molecule has 0 bridgehead atoms. The average Bonchev–Trinajstić information content (AvgIpc) is 2.92. The van der Waals surface area contributed by atoms with E-state index in [9.17, 15) is 14.6 Å². The van der Waals surface area contributed by atoms with Crippen molar-refractivity contribution in [2.75, 3.05) is 13.1 Å². The van der Waals surface area contributed by atoms with Gasteiger partial charge in [-0.1, -0.05) is 6.07 Å². The number of nitrogens with one attached hydrogen (secondary N) is 1. The van der Waals surface area contributed by atoms with E-state index in [0.717, 1.165) is 24.8 Å². The summed E-state index contributed by atoms with van der Waals surface area (Å²) in [6, 6.07) is 7.92. The lowest BCUT2D eigenvalue weighted by atomic mass is 9.73. The first kappa shape index (κ1) is 22.9. The van der Waals surface area contributed by atoms with Gasteiger partial charge in [-0.15, -0.1) is 4.72 Å². The Morgan fingerprint density at radius 3 is 2.43 bits per heavy atom. The fourth-order valence-corrected chi connectivity index (χ4v) is 5.25. The van der Waals surface area contributed by atoms with E-state index in [1.807, 2.05) is 59.7 Å². The standard InChI is InChI=1S/C23H33N3O3S/c1-21(2,3)29-20(27)26-11-9-23(10-12-26)14-17-8-7-16(15-24)13-18(17)19(23)25-30(28)22(4,5)6/h7-8,13,19,25H,9-12,14H2,1-6H3/t19-,30-/m1/s1. The van der Waals surface area contributed by atoms with Crippen LogP contribution >= 0.6 is 0 Å². The van der Waals surface area contributed by atoms with E-state index in [1.165, 1.54) is 5.56 Å². The molecule has 1 aromatic carbocycles. The van der Waals surface area contributed by atoms with Crippen molar-refractivity contribution in [3.63, 3.8) is 0 Å². The van der Waals surface area contributed by atoms with Crippen molar-refractivity contribution in [2.45, 2.75) is 77.2 Å². The molecule has 164 valence electrons. The summed E-state index contributed by atoms with van der Waals surface area (Å²) in [7, 11) is 0. The SMILES string of the molecule is CC(C)(C)OC(=O)N1CCC2(CC1)Cc1ccc(C#N)cc1[C@H]2N[S@+]([O-])C(C)(C)C. The first-order valence-electron chi connectivity index (χ1n) is 10.5. The summed E-state index contributed by atoms with van der Waals surface area (Å²) in [5.41, 5.74) is 2.23. The smallest absolute Gasteiger partial charge is 0.410 e. The van der Waals surface area contributed by atoms with Crippen LogP contribution in [0, 0.1) is 16.7 Å². The van der Waals surface area contributed by atoms with Crippen molar-refractivity contribution < 1.29 is 14.1 Å². The van der Waals surface area contributed by atoms with Crippen LogP contribution in [0.2, 0.25) is 0 Å². The van der Waals surface area contributed by atoms with Crippen LogP contribution in [0.4, 0.5) is 4.79 Å². The number of likely N-dealkylation sites (tertiary alicyclic amines) is 1. The molecule has 0 unspecified atom stereocenters. The number of nitrogens with zero attached hydrogens (tertiary/aromatic N) is 2. The Morgan fingerprint density at radius 1 is 1.27 bits per heavy atom. The normalized spacial score (nSPS) is 21.8. The lowest BCUT2D eigenvalue weighted by Crippen LogP contribution is -2.51. The van der Waals surface area contributed by atoms with E-state index >= 15 is 0 Å². The van der Waals surface area contributed by atoms with Gasteiger partial charge in [0.15, 0.2) is 0 Å². The van der Waals surface area contributed by atoms with Crippen molar-refractivity contribution in [1.29, 1.82) is 5.26 Å². The molecule has 30 heavy (non-hydrogen) atoms. The third kappa shape index (κ3) is 4.77. The highest BCUT2D eigenvalue weighted by Crippen LogP contribution is 2.52. The van der Waals surface area contributed by atoms with Gasteiger partial charge in [-0.25, -0.2) is 4.79 Å². The molecule has 2 aliphatic rings. The second kappa shape index (κ2) is 8.07. The largest absolute Gasteiger partial charge is 0.598 e. The predicted octanol–water partition coefficient (Wildman–Crippen LogP) is 4.22. The van der Waals surface area contributed by atoms with Crippen LogP contribution in [0.1, 0.15) is 77.1 Å².